The molecular formula is C19H21ClFNO4. The molecule has 26 heavy (non-hydrogen) atoms. The number of nitrogens with zero attached hydrogens (tertiary/aromatic N) is 1. The van der Waals surface area contributed by atoms with E-state index in [2.05, 4.69) is 0 Å². The van der Waals surface area contributed by atoms with E-state index in [1.54, 1.807) is 12.1 Å². The van der Waals surface area contributed by atoms with Crippen molar-refractivity contribution in [3.8, 4) is 11.5 Å². The number of aliphatic hydroxyl groups excluding tert-OH is 1. The van der Waals surface area contributed by atoms with Gasteiger partial charge in [0.1, 0.15) is 29.5 Å². The molecule has 0 bridgehead atoms. The van der Waals surface area contributed by atoms with Crippen LogP contribution in [-0.4, -0.2) is 51.6 Å². The third-order valence-electron chi connectivity index (χ3n) is 4.56. The normalized spacial score (nSPS) is 23.8. The molecule has 3 N–H and O–H groups in total. The Kier molecular flexibility index (Phi) is 5.67. The van der Waals surface area contributed by atoms with E-state index in [1.807, 2.05) is 17.0 Å². The SMILES string of the molecule is Oc1ccc(CN2CC[C@H](O)[C@@](O)(COc3ccc(Cl)c(F)c3)C2)cc1. The molecule has 0 aromatic heterocycles. The van der Waals surface area contributed by atoms with Crippen LogP contribution in [0.4, 0.5) is 4.39 Å². The molecule has 2 aromatic carbocycles. The number of ether oxygens (including phenoxy) is 1. The first-order valence-electron chi connectivity index (χ1n) is 8.34. The van der Waals surface area contributed by atoms with Crippen LogP contribution in [0.2, 0.25) is 5.02 Å². The van der Waals surface area contributed by atoms with E-state index in [0.29, 0.717) is 19.5 Å². The Morgan fingerprint density at radius 1 is 1.23 bits per heavy atom. The van der Waals surface area contributed by atoms with Gasteiger partial charge in [-0.2, -0.15) is 0 Å². The second-order valence-electron chi connectivity index (χ2n) is 6.65. The van der Waals surface area contributed by atoms with E-state index >= 15 is 0 Å². The number of phenolic OH excluding ortho intramolecular Hbond substituents is 1. The van der Waals surface area contributed by atoms with Gasteiger partial charge in [-0.25, -0.2) is 4.39 Å². The van der Waals surface area contributed by atoms with Crippen molar-refractivity contribution in [2.45, 2.75) is 24.7 Å². The monoisotopic (exact) mass is 381 g/mol. The van der Waals surface area contributed by atoms with E-state index < -0.39 is 17.5 Å². The van der Waals surface area contributed by atoms with Crippen molar-refractivity contribution in [3.63, 3.8) is 0 Å². The Morgan fingerprint density at radius 3 is 2.65 bits per heavy atom. The van der Waals surface area contributed by atoms with Crippen LogP contribution in [0.3, 0.4) is 0 Å². The fourth-order valence-corrected chi connectivity index (χ4v) is 3.17. The van der Waals surface area contributed by atoms with Gasteiger partial charge in [0, 0.05) is 25.7 Å². The first kappa shape index (κ1) is 18.9. The van der Waals surface area contributed by atoms with Gasteiger partial charge < -0.3 is 20.1 Å². The van der Waals surface area contributed by atoms with Gasteiger partial charge in [0.2, 0.25) is 0 Å². The second-order valence-corrected chi connectivity index (χ2v) is 7.06. The molecule has 1 aliphatic heterocycles. The minimum Gasteiger partial charge on any atom is -0.508 e. The van der Waals surface area contributed by atoms with Gasteiger partial charge in [0.05, 0.1) is 11.1 Å². The van der Waals surface area contributed by atoms with Crippen LogP contribution >= 0.6 is 11.6 Å². The minimum atomic E-state index is -1.47. The van der Waals surface area contributed by atoms with Gasteiger partial charge in [-0.15, -0.1) is 0 Å². The zero-order chi connectivity index (χ0) is 18.7. The summed E-state index contributed by atoms with van der Waals surface area (Å²) in [6.45, 7) is 1.25. The molecule has 1 saturated heterocycles. The number of likely N-dealkylation sites (tertiary alicyclic amines) is 1. The van der Waals surface area contributed by atoms with E-state index in [9.17, 15) is 19.7 Å². The van der Waals surface area contributed by atoms with Gasteiger partial charge in [0.25, 0.3) is 0 Å². The summed E-state index contributed by atoms with van der Waals surface area (Å²) in [5.41, 5.74) is -0.479. The van der Waals surface area contributed by atoms with Crippen molar-refractivity contribution in [1.82, 2.24) is 4.90 Å². The first-order chi connectivity index (χ1) is 12.4. The van der Waals surface area contributed by atoms with E-state index in [4.69, 9.17) is 16.3 Å². The summed E-state index contributed by atoms with van der Waals surface area (Å²) < 4.78 is 19.0. The van der Waals surface area contributed by atoms with E-state index in [0.717, 1.165) is 11.6 Å². The molecule has 7 heteroatoms. The Bertz CT molecular complexity index is 758. The number of hydrogen-bond donors (Lipinski definition) is 3. The minimum absolute atomic E-state index is 0.00571. The van der Waals surface area contributed by atoms with Crippen molar-refractivity contribution in [2.24, 2.45) is 0 Å². The molecule has 140 valence electrons. The smallest absolute Gasteiger partial charge is 0.145 e. The summed E-state index contributed by atoms with van der Waals surface area (Å²) in [5.74, 6) is -0.166. The molecule has 0 unspecified atom stereocenters. The molecule has 3 rings (SSSR count). The maximum Gasteiger partial charge on any atom is 0.145 e. The number of phenols is 1. The number of aliphatic hydroxyl groups is 2. The Morgan fingerprint density at radius 2 is 1.96 bits per heavy atom. The number of piperidine rings is 1. The predicted molar refractivity (Wildman–Crippen MR) is 95.9 cm³/mol. The zero-order valence-corrected chi connectivity index (χ0v) is 14.9. The summed E-state index contributed by atoms with van der Waals surface area (Å²) in [4.78, 5) is 2.00. The molecule has 1 heterocycles. The molecule has 0 radical (unpaired) electrons. The third-order valence-corrected chi connectivity index (χ3v) is 4.87. The van der Waals surface area contributed by atoms with Crippen LogP contribution in [0.15, 0.2) is 42.5 Å². The highest BCUT2D eigenvalue weighted by Gasteiger charge is 2.42. The lowest BCUT2D eigenvalue weighted by Crippen LogP contribution is -2.59. The van der Waals surface area contributed by atoms with Gasteiger partial charge >= 0.3 is 0 Å². The highest BCUT2D eigenvalue weighted by atomic mass is 35.5. The molecule has 0 saturated carbocycles. The van der Waals surface area contributed by atoms with Crippen LogP contribution in [0.1, 0.15) is 12.0 Å². The topological polar surface area (TPSA) is 73.2 Å². The lowest BCUT2D eigenvalue weighted by atomic mass is 9.90. The number of β-amino-alcohol motifs (C(OH)–C–C–N with tert-alkyl or cyclic N) is 1. The number of hydrogen-bond acceptors (Lipinski definition) is 5. The quantitative estimate of drug-likeness (QED) is 0.742. The van der Waals surface area contributed by atoms with Crippen LogP contribution in [0.25, 0.3) is 0 Å². The van der Waals surface area contributed by atoms with Crippen molar-refractivity contribution in [2.75, 3.05) is 19.7 Å². The van der Waals surface area contributed by atoms with Crippen LogP contribution < -0.4 is 4.74 Å². The van der Waals surface area contributed by atoms with Crippen LogP contribution in [0, 0.1) is 5.82 Å². The number of halogens is 2. The maximum atomic E-state index is 13.5. The average molecular weight is 382 g/mol. The Labute approximate surface area is 156 Å². The van der Waals surface area contributed by atoms with E-state index in [-0.39, 0.29) is 29.7 Å². The summed E-state index contributed by atoms with van der Waals surface area (Å²) in [7, 11) is 0. The van der Waals surface area contributed by atoms with Gasteiger partial charge in [-0.1, -0.05) is 23.7 Å². The van der Waals surface area contributed by atoms with Crippen LogP contribution in [-0.2, 0) is 6.54 Å². The van der Waals surface area contributed by atoms with Crippen molar-refractivity contribution < 1.29 is 24.4 Å². The fourth-order valence-electron chi connectivity index (χ4n) is 3.06. The van der Waals surface area contributed by atoms with Gasteiger partial charge in [0.15, 0.2) is 0 Å². The molecular weight excluding hydrogens is 361 g/mol. The Hall–Kier alpha value is -1.86. The predicted octanol–water partition coefficient (Wildman–Crippen LogP) is 2.56. The summed E-state index contributed by atoms with van der Waals surface area (Å²) in [5, 5.41) is 30.4. The van der Waals surface area contributed by atoms with E-state index in [1.165, 1.54) is 12.1 Å². The first-order valence-corrected chi connectivity index (χ1v) is 8.72. The number of rotatable bonds is 5. The molecule has 0 amide bonds. The number of benzene rings is 2. The van der Waals surface area contributed by atoms with Crippen molar-refractivity contribution >= 4 is 11.6 Å². The summed E-state index contributed by atoms with van der Waals surface area (Å²) in [6.07, 6.45) is -0.539. The third kappa shape index (κ3) is 4.45. The fraction of sp³-hybridized carbons (Fsp3) is 0.368. The molecule has 0 aliphatic carbocycles. The van der Waals surface area contributed by atoms with Crippen LogP contribution in [0.5, 0.6) is 11.5 Å². The second kappa shape index (κ2) is 7.80. The highest BCUT2D eigenvalue weighted by molar-refractivity contribution is 6.30. The molecule has 1 fully saturated rings. The lowest BCUT2D eigenvalue weighted by Gasteiger charge is -2.42. The molecule has 1 aliphatic rings. The number of aromatic hydroxyl groups is 1. The molecule has 0 spiro atoms. The lowest BCUT2D eigenvalue weighted by molar-refractivity contribution is -0.140. The molecule has 5 nitrogen and oxygen atoms in total. The summed E-state index contributed by atoms with van der Waals surface area (Å²) in [6, 6.07) is 10.9. The highest BCUT2D eigenvalue weighted by Crippen LogP contribution is 2.26. The van der Waals surface area contributed by atoms with Gasteiger partial charge in [-0.05, 0) is 36.2 Å². The zero-order valence-electron chi connectivity index (χ0n) is 14.1. The largest absolute Gasteiger partial charge is 0.508 e. The molecule has 2 aromatic rings. The van der Waals surface area contributed by atoms with Crippen molar-refractivity contribution in [1.29, 1.82) is 0 Å². The Balaban J connectivity index is 1.64. The molecule has 2 atom stereocenters. The average Bonchev–Trinajstić information content (AvgIpc) is 2.61. The van der Waals surface area contributed by atoms with Crippen molar-refractivity contribution in [3.05, 3.63) is 58.9 Å². The maximum absolute atomic E-state index is 13.5. The standard InChI is InChI=1S/C19H21ClFNO4/c20-16-6-5-15(9-17(16)21)26-12-19(25)11-22(8-7-18(19)24)10-13-1-3-14(23)4-2-13/h1-6,9,18,23-25H,7-8,10-12H2/t18-,19-/m0/s1. The van der Waals surface area contributed by atoms with Gasteiger partial charge in [-0.3, -0.25) is 4.90 Å². The summed E-state index contributed by atoms with van der Waals surface area (Å²) >= 11 is 5.64.